The molecule has 0 aliphatic rings. The maximum Gasteiger partial charge on any atom is 0.160 e. The topological polar surface area (TPSA) is 38.7 Å². The Kier molecular flexibility index (Phi) is 6.49. The number of rotatable bonds is 4. The predicted octanol–water partition coefficient (Wildman–Crippen LogP) is 12.3. The molecule has 0 saturated carbocycles. The first kappa shape index (κ1) is 28.3. The molecule has 10 rings (SSSR count). The van der Waals surface area contributed by atoms with Crippen molar-refractivity contribution < 1.29 is 0 Å². The van der Waals surface area contributed by atoms with E-state index in [-0.39, 0.29) is 0 Å². The summed E-state index contributed by atoms with van der Waals surface area (Å²) in [6.07, 6.45) is 0. The molecule has 0 amide bonds. The summed E-state index contributed by atoms with van der Waals surface area (Å²) in [5.41, 5.74) is 9.20. The van der Waals surface area contributed by atoms with Crippen LogP contribution in [-0.2, 0) is 0 Å². The molecule has 0 unspecified atom stereocenters. The number of para-hydroxylation sites is 2. The molecule has 3 heteroatoms. The molecule has 0 N–H and O–H groups in total. The Balaban J connectivity index is 1.17. The molecule has 0 spiro atoms. The summed E-state index contributed by atoms with van der Waals surface area (Å²) in [7, 11) is 0. The molecule has 2 aromatic heterocycles. The van der Waals surface area contributed by atoms with E-state index in [0.29, 0.717) is 5.82 Å². The fourth-order valence-electron chi connectivity index (χ4n) is 7.51. The van der Waals surface area contributed by atoms with Crippen LogP contribution in [0.2, 0.25) is 0 Å². The zero-order valence-corrected chi connectivity index (χ0v) is 27.1. The monoisotopic (exact) mass is 635 g/mol. The molecule has 0 radical (unpaired) electrons. The van der Waals surface area contributed by atoms with Crippen molar-refractivity contribution in [1.29, 1.82) is 0 Å². The second-order valence-electron chi connectivity index (χ2n) is 12.8. The van der Waals surface area contributed by atoms with E-state index in [1.807, 2.05) is 12.1 Å². The van der Waals surface area contributed by atoms with Crippen LogP contribution in [0.15, 0.2) is 176 Å². The Labute approximate surface area is 289 Å². The van der Waals surface area contributed by atoms with Gasteiger partial charge in [0.1, 0.15) is 0 Å². The Morgan fingerprint density at radius 2 is 0.760 bits per heavy atom. The molecule has 0 fully saturated rings. The average Bonchev–Trinajstić information content (AvgIpc) is 3.20. The molecular formula is C47H29N3. The van der Waals surface area contributed by atoms with E-state index in [1.54, 1.807) is 0 Å². The van der Waals surface area contributed by atoms with Gasteiger partial charge in [0.15, 0.2) is 5.82 Å². The Hall–Kier alpha value is -6.71. The second-order valence-corrected chi connectivity index (χ2v) is 12.8. The first-order chi connectivity index (χ1) is 24.8. The van der Waals surface area contributed by atoms with Gasteiger partial charge in [-0.2, -0.15) is 0 Å². The number of hydrogen-bond acceptors (Lipinski definition) is 3. The molecular weight excluding hydrogens is 607 g/mol. The van der Waals surface area contributed by atoms with Crippen molar-refractivity contribution in [3.8, 4) is 45.0 Å². The summed E-state index contributed by atoms with van der Waals surface area (Å²) in [5.74, 6) is 0.709. The fourth-order valence-corrected chi connectivity index (χ4v) is 7.51. The van der Waals surface area contributed by atoms with Crippen LogP contribution < -0.4 is 0 Å². The van der Waals surface area contributed by atoms with Gasteiger partial charge in [0, 0.05) is 38.2 Å². The van der Waals surface area contributed by atoms with E-state index in [4.69, 9.17) is 15.0 Å². The van der Waals surface area contributed by atoms with Gasteiger partial charge in [-0.05, 0) is 50.9 Å². The van der Waals surface area contributed by atoms with Gasteiger partial charge >= 0.3 is 0 Å². The first-order valence-electron chi connectivity index (χ1n) is 17.0. The highest BCUT2D eigenvalue weighted by atomic mass is 14.9. The summed E-state index contributed by atoms with van der Waals surface area (Å²) in [6, 6.07) is 61.9. The van der Waals surface area contributed by atoms with Crippen LogP contribution in [-0.4, -0.2) is 15.0 Å². The molecule has 0 saturated heterocycles. The van der Waals surface area contributed by atoms with Crippen LogP contribution in [0.25, 0.3) is 99.2 Å². The third-order valence-corrected chi connectivity index (χ3v) is 9.84. The number of pyridine rings is 1. The van der Waals surface area contributed by atoms with E-state index < -0.39 is 0 Å². The van der Waals surface area contributed by atoms with Crippen LogP contribution >= 0.6 is 0 Å². The van der Waals surface area contributed by atoms with Crippen molar-refractivity contribution in [2.24, 2.45) is 0 Å². The lowest BCUT2D eigenvalue weighted by Gasteiger charge is -2.16. The van der Waals surface area contributed by atoms with Crippen molar-refractivity contribution in [1.82, 2.24) is 15.0 Å². The maximum absolute atomic E-state index is 5.34. The zero-order chi connectivity index (χ0) is 33.0. The predicted molar refractivity (Wildman–Crippen MR) is 209 cm³/mol. The SMILES string of the molecule is c1ccc(-c2cccc(-c3nc(-c4ccc(-c5nc6ccccc6c6c7ccccc7c7ccccc7c56)cc4)c4ccccc4n3)c2)cc1. The Morgan fingerprint density at radius 1 is 0.260 bits per heavy atom. The van der Waals surface area contributed by atoms with E-state index in [0.717, 1.165) is 50.1 Å². The first-order valence-corrected chi connectivity index (χ1v) is 17.0. The number of fused-ring (bicyclic) bond motifs is 9. The highest BCUT2D eigenvalue weighted by Crippen LogP contribution is 2.43. The van der Waals surface area contributed by atoms with Crippen molar-refractivity contribution in [2.45, 2.75) is 0 Å². The Morgan fingerprint density at radius 3 is 1.46 bits per heavy atom. The van der Waals surface area contributed by atoms with Gasteiger partial charge in [-0.1, -0.05) is 158 Å². The fraction of sp³-hybridized carbons (Fsp3) is 0. The molecule has 0 atom stereocenters. The van der Waals surface area contributed by atoms with Crippen molar-refractivity contribution >= 4 is 54.1 Å². The minimum atomic E-state index is 0.709. The average molecular weight is 636 g/mol. The lowest BCUT2D eigenvalue weighted by atomic mass is 9.90. The van der Waals surface area contributed by atoms with Crippen LogP contribution in [0.4, 0.5) is 0 Å². The third kappa shape index (κ3) is 4.56. The summed E-state index contributed by atoms with van der Waals surface area (Å²) >= 11 is 0. The number of hydrogen-bond donors (Lipinski definition) is 0. The normalized spacial score (nSPS) is 11.6. The molecule has 232 valence electrons. The summed E-state index contributed by atoms with van der Waals surface area (Å²) in [6.45, 7) is 0. The lowest BCUT2D eigenvalue weighted by Crippen LogP contribution is -1.96. The van der Waals surface area contributed by atoms with Gasteiger partial charge in [0.05, 0.1) is 22.4 Å². The number of nitrogens with zero attached hydrogens (tertiary/aromatic N) is 3. The minimum absolute atomic E-state index is 0.709. The highest BCUT2D eigenvalue weighted by Gasteiger charge is 2.18. The van der Waals surface area contributed by atoms with Crippen LogP contribution in [0.1, 0.15) is 0 Å². The third-order valence-electron chi connectivity index (χ3n) is 9.84. The molecule has 0 aliphatic carbocycles. The van der Waals surface area contributed by atoms with Gasteiger partial charge in [-0.3, -0.25) is 0 Å². The minimum Gasteiger partial charge on any atom is -0.247 e. The molecule has 8 aromatic carbocycles. The Bertz CT molecular complexity index is 2910. The van der Waals surface area contributed by atoms with E-state index in [9.17, 15) is 0 Å². The van der Waals surface area contributed by atoms with Gasteiger partial charge in [-0.25, -0.2) is 15.0 Å². The van der Waals surface area contributed by atoms with Crippen LogP contribution in [0.3, 0.4) is 0 Å². The second kappa shape index (κ2) is 11.5. The molecule has 0 bridgehead atoms. The standard InChI is InChI=1S/C47H29N3/c1-2-13-30(14-3-1)33-15-12-16-34(29-33)47-49-42-24-11-9-22-40(42)45(50-47)31-25-27-32(28-26-31)46-44-38-20-7-5-18-36(38)35-17-4-6-19-37(35)43(44)39-21-8-10-23-41(39)48-46/h1-29H. The van der Waals surface area contributed by atoms with Crippen molar-refractivity contribution in [3.63, 3.8) is 0 Å². The van der Waals surface area contributed by atoms with E-state index in [1.165, 1.54) is 43.3 Å². The summed E-state index contributed by atoms with van der Waals surface area (Å²) in [4.78, 5) is 15.6. The largest absolute Gasteiger partial charge is 0.247 e. The smallest absolute Gasteiger partial charge is 0.160 e. The van der Waals surface area contributed by atoms with E-state index >= 15 is 0 Å². The van der Waals surface area contributed by atoms with Gasteiger partial charge < -0.3 is 0 Å². The van der Waals surface area contributed by atoms with Crippen molar-refractivity contribution in [2.75, 3.05) is 0 Å². The lowest BCUT2D eigenvalue weighted by molar-refractivity contribution is 1.23. The summed E-state index contributed by atoms with van der Waals surface area (Å²) < 4.78 is 0. The van der Waals surface area contributed by atoms with Crippen LogP contribution in [0, 0.1) is 0 Å². The van der Waals surface area contributed by atoms with Crippen molar-refractivity contribution in [3.05, 3.63) is 176 Å². The number of benzene rings is 8. The quantitative estimate of drug-likeness (QED) is 0.181. The maximum atomic E-state index is 5.34. The van der Waals surface area contributed by atoms with E-state index in [2.05, 4.69) is 164 Å². The van der Waals surface area contributed by atoms with Gasteiger partial charge in [0.25, 0.3) is 0 Å². The van der Waals surface area contributed by atoms with Crippen LogP contribution in [0.5, 0.6) is 0 Å². The molecule has 50 heavy (non-hydrogen) atoms. The molecule has 3 nitrogen and oxygen atoms in total. The molecule has 2 heterocycles. The zero-order valence-electron chi connectivity index (χ0n) is 27.1. The highest BCUT2D eigenvalue weighted by molar-refractivity contribution is 6.33. The van der Waals surface area contributed by atoms with Gasteiger partial charge in [0.2, 0.25) is 0 Å². The van der Waals surface area contributed by atoms with Gasteiger partial charge in [-0.15, -0.1) is 0 Å². The molecule has 0 aliphatic heterocycles. The summed E-state index contributed by atoms with van der Waals surface area (Å²) in [5, 5.41) is 9.57. The number of aromatic nitrogens is 3. The molecule has 10 aromatic rings.